The van der Waals surface area contributed by atoms with Crippen LogP contribution >= 0.6 is 0 Å². The number of benzene rings is 7. The van der Waals surface area contributed by atoms with Gasteiger partial charge in [0.2, 0.25) is 0 Å². The lowest BCUT2D eigenvalue weighted by atomic mass is 9.91. The minimum atomic E-state index is -0.282. The van der Waals surface area contributed by atoms with E-state index in [4.69, 9.17) is 0 Å². The van der Waals surface area contributed by atoms with E-state index in [0.717, 1.165) is 40.6 Å². The summed E-state index contributed by atoms with van der Waals surface area (Å²) in [4.78, 5) is 4.57. The molecule has 0 spiro atoms. The number of allylic oxidation sites excluding steroid dienone is 2. The van der Waals surface area contributed by atoms with Gasteiger partial charge >= 0.3 is 0 Å². The molecule has 0 amide bonds. The Bertz CT molecular complexity index is 2440. The van der Waals surface area contributed by atoms with Gasteiger partial charge in [0.05, 0.1) is 17.8 Å². The summed E-state index contributed by atoms with van der Waals surface area (Å²) in [5.41, 5.74) is 7.77. The van der Waals surface area contributed by atoms with Crippen LogP contribution in [0.1, 0.15) is 12.0 Å². The van der Waals surface area contributed by atoms with Crippen molar-refractivity contribution < 1.29 is 4.39 Å². The monoisotopic (exact) mass is 607 g/mol. The molecule has 7 aromatic carbocycles. The van der Waals surface area contributed by atoms with Gasteiger partial charge in [0, 0.05) is 40.0 Å². The number of nitriles is 1. The maximum Gasteiger partial charge on any atom is 0.147 e. The zero-order valence-corrected chi connectivity index (χ0v) is 25.7. The highest BCUT2D eigenvalue weighted by Gasteiger charge is 2.27. The predicted molar refractivity (Wildman–Crippen MR) is 193 cm³/mol. The zero-order chi connectivity index (χ0) is 31.5. The van der Waals surface area contributed by atoms with Gasteiger partial charge in [-0.05, 0) is 87.5 Å². The van der Waals surface area contributed by atoms with Gasteiger partial charge in [-0.1, -0.05) is 103 Å². The fraction of sp³-hybridized carbons (Fsp3) is 0.0930. The van der Waals surface area contributed by atoms with Crippen molar-refractivity contribution in [2.24, 2.45) is 0 Å². The Labute approximate surface area is 273 Å². The summed E-state index contributed by atoms with van der Waals surface area (Å²) in [6.45, 7) is 0.951. The summed E-state index contributed by atoms with van der Waals surface area (Å²) in [6.07, 6.45) is 7.46. The lowest BCUT2D eigenvalue weighted by Crippen LogP contribution is -2.31. The van der Waals surface area contributed by atoms with Crippen molar-refractivity contribution in [1.82, 2.24) is 0 Å². The Balaban J connectivity index is 1.25. The highest BCUT2D eigenvalue weighted by Crippen LogP contribution is 2.46. The maximum atomic E-state index is 16.4. The topological polar surface area (TPSA) is 30.3 Å². The molecule has 47 heavy (non-hydrogen) atoms. The number of hydrogen-bond acceptors (Lipinski definition) is 3. The first-order chi connectivity index (χ1) is 23.2. The average Bonchev–Trinajstić information content (AvgIpc) is 3.56. The second kappa shape index (κ2) is 10.9. The maximum absolute atomic E-state index is 16.4. The molecule has 3 nitrogen and oxygen atoms in total. The molecule has 0 fully saturated rings. The molecule has 0 aromatic heterocycles. The van der Waals surface area contributed by atoms with E-state index >= 15 is 4.39 Å². The van der Waals surface area contributed by atoms with E-state index in [-0.39, 0.29) is 11.9 Å². The molecule has 1 aliphatic heterocycles. The number of para-hydroxylation sites is 1. The third-order valence-electron chi connectivity index (χ3n) is 9.91. The highest BCUT2D eigenvalue weighted by molar-refractivity contribution is 6.27. The highest BCUT2D eigenvalue weighted by atomic mass is 19.1. The van der Waals surface area contributed by atoms with Gasteiger partial charge in [-0.15, -0.1) is 0 Å². The van der Waals surface area contributed by atoms with Gasteiger partial charge in [0.15, 0.2) is 0 Å². The lowest BCUT2D eigenvalue weighted by molar-refractivity contribution is 0.619. The van der Waals surface area contributed by atoms with Crippen LogP contribution in [0, 0.1) is 17.1 Å². The Kier molecular flexibility index (Phi) is 6.33. The quantitative estimate of drug-likeness (QED) is 0.182. The molecule has 9 rings (SSSR count). The van der Waals surface area contributed by atoms with Crippen LogP contribution in [0.2, 0.25) is 0 Å². The molecular formula is C43H30FN3. The van der Waals surface area contributed by atoms with Crippen LogP contribution < -0.4 is 9.80 Å². The molecular weight excluding hydrogens is 577 g/mol. The van der Waals surface area contributed by atoms with E-state index in [1.807, 2.05) is 60.7 Å². The van der Waals surface area contributed by atoms with Gasteiger partial charge in [-0.2, -0.15) is 5.26 Å². The second-order valence-electron chi connectivity index (χ2n) is 12.5. The first-order valence-corrected chi connectivity index (χ1v) is 16.2. The molecule has 224 valence electrons. The van der Waals surface area contributed by atoms with Gasteiger partial charge in [0.1, 0.15) is 5.82 Å². The van der Waals surface area contributed by atoms with Crippen molar-refractivity contribution in [3.63, 3.8) is 0 Å². The number of rotatable bonds is 5. The molecule has 7 aromatic rings. The summed E-state index contributed by atoms with van der Waals surface area (Å²) < 4.78 is 16.4. The Morgan fingerprint density at radius 2 is 1.43 bits per heavy atom. The van der Waals surface area contributed by atoms with Crippen LogP contribution in [-0.4, -0.2) is 12.6 Å². The van der Waals surface area contributed by atoms with E-state index in [0.29, 0.717) is 17.7 Å². The van der Waals surface area contributed by atoms with Crippen LogP contribution in [0.15, 0.2) is 145 Å². The molecule has 0 bridgehead atoms. The summed E-state index contributed by atoms with van der Waals surface area (Å²) >= 11 is 0. The summed E-state index contributed by atoms with van der Waals surface area (Å²) in [5, 5.41) is 16.6. The molecule has 1 aliphatic carbocycles. The van der Waals surface area contributed by atoms with Crippen LogP contribution in [0.4, 0.5) is 27.1 Å². The smallest absolute Gasteiger partial charge is 0.147 e. The summed E-state index contributed by atoms with van der Waals surface area (Å²) in [5.74, 6) is -0.282. The Hall–Kier alpha value is -5.92. The fourth-order valence-electron chi connectivity index (χ4n) is 7.69. The molecule has 0 saturated carbocycles. The van der Waals surface area contributed by atoms with Crippen LogP contribution in [0.3, 0.4) is 0 Å². The third-order valence-corrected chi connectivity index (χ3v) is 9.91. The van der Waals surface area contributed by atoms with Crippen molar-refractivity contribution in [3.8, 4) is 17.2 Å². The Morgan fingerprint density at radius 3 is 2.21 bits per heavy atom. The number of hydrogen-bond donors (Lipinski definition) is 0. The van der Waals surface area contributed by atoms with E-state index in [1.165, 1.54) is 38.5 Å². The summed E-state index contributed by atoms with van der Waals surface area (Å²) in [6, 6.07) is 43.9. The first kappa shape index (κ1) is 27.4. The van der Waals surface area contributed by atoms with E-state index in [9.17, 15) is 5.26 Å². The normalized spacial score (nSPS) is 15.7. The molecule has 1 atom stereocenters. The SMILES string of the molecule is N#CC1=CCC(N(c2ccc(-c3ccccc3)cc2F)c2ccc3ccc4c(N5CCc6ccccc65)ccc5ccc2c3c54)C=C1. The van der Waals surface area contributed by atoms with Crippen molar-refractivity contribution >= 4 is 55.1 Å². The van der Waals surface area contributed by atoms with Gasteiger partial charge in [0.25, 0.3) is 0 Å². The van der Waals surface area contributed by atoms with Crippen molar-refractivity contribution in [2.45, 2.75) is 18.9 Å². The standard InChI is InChI=1S/C43H30FN3/c44-37-26-33(29-6-2-1-3-7-29)16-23-41(37)47(34-17-10-28(27-45)11-18-34)40-22-15-32-12-19-35-39(46-25-24-30-8-4-5-9-38(30)46)21-14-31-13-20-36(40)43(32)42(31)35/h1-17,19-23,26,34H,18,24-25H2. The average molecular weight is 608 g/mol. The minimum absolute atomic E-state index is 0.167. The second-order valence-corrected chi connectivity index (χ2v) is 12.5. The van der Waals surface area contributed by atoms with Crippen LogP contribution in [0.25, 0.3) is 43.4 Å². The third kappa shape index (κ3) is 4.39. The molecule has 4 heteroatoms. The van der Waals surface area contributed by atoms with Gasteiger partial charge in [-0.25, -0.2) is 4.39 Å². The zero-order valence-electron chi connectivity index (χ0n) is 25.7. The predicted octanol–water partition coefficient (Wildman–Crippen LogP) is 11.0. The molecule has 0 radical (unpaired) electrons. The van der Waals surface area contributed by atoms with Crippen molar-refractivity contribution in [3.05, 3.63) is 157 Å². The minimum Gasteiger partial charge on any atom is -0.340 e. The van der Waals surface area contributed by atoms with Gasteiger partial charge in [-0.3, -0.25) is 0 Å². The molecule has 1 unspecified atom stereocenters. The Morgan fingerprint density at radius 1 is 0.702 bits per heavy atom. The van der Waals surface area contributed by atoms with Crippen LogP contribution in [-0.2, 0) is 6.42 Å². The summed E-state index contributed by atoms with van der Waals surface area (Å²) in [7, 11) is 0. The number of fused-ring (bicyclic) bond motifs is 1. The largest absolute Gasteiger partial charge is 0.340 e. The van der Waals surface area contributed by atoms with Crippen LogP contribution in [0.5, 0.6) is 0 Å². The molecule has 2 aliphatic rings. The van der Waals surface area contributed by atoms with E-state index in [2.05, 4.69) is 88.7 Å². The van der Waals surface area contributed by atoms with E-state index in [1.54, 1.807) is 6.07 Å². The van der Waals surface area contributed by atoms with E-state index < -0.39 is 0 Å². The first-order valence-electron chi connectivity index (χ1n) is 16.2. The van der Waals surface area contributed by atoms with Crippen molar-refractivity contribution in [1.29, 1.82) is 5.26 Å². The molecule has 0 saturated heterocycles. The number of halogens is 1. The number of anilines is 4. The number of nitrogens with zero attached hydrogens (tertiary/aromatic N) is 3. The lowest BCUT2D eigenvalue weighted by Gasteiger charge is -2.34. The van der Waals surface area contributed by atoms with Gasteiger partial charge < -0.3 is 9.80 Å². The fourth-order valence-corrected chi connectivity index (χ4v) is 7.69. The molecule has 1 heterocycles. The van der Waals surface area contributed by atoms with Crippen molar-refractivity contribution in [2.75, 3.05) is 16.3 Å². The molecule has 0 N–H and O–H groups in total.